The molecule has 0 saturated heterocycles. The number of thioether (sulfide) groups is 1. The first-order valence-corrected chi connectivity index (χ1v) is 8.23. The molecule has 0 fully saturated rings. The van der Waals surface area contributed by atoms with Crippen LogP contribution in [0, 0.1) is 11.3 Å². The number of anilines is 1. The number of hydrogen-bond donors (Lipinski definition) is 1. The van der Waals surface area contributed by atoms with Crippen LogP contribution in [0.2, 0.25) is 10.0 Å². The number of benzene rings is 1. The summed E-state index contributed by atoms with van der Waals surface area (Å²) in [5, 5.41) is 12.7. The van der Waals surface area contributed by atoms with Gasteiger partial charge in [0.25, 0.3) is 0 Å². The maximum Gasteiger partial charge on any atom is 0.446 e. The predicted octanol–water partition coefficient (Wildman–Crippen LogP) is 4.84. The van der Waals surface area contributed by atoms with Gasteiger partial charge in [-0.2, -0.15) is 18.4 Å². The van der Waals surface area contributed by atoms with Crippen molar-refractivity contribution in [2.24, 2.45) is 0 Å². The summed E-state index contributed by atoms with van der Waals surface area (Å²) in [6.07, 6.45) is 0.0526. The van der Waals surface area contributed by atoms with Crippen LogP contribution in [0.25, 0.3) is 5.69 Å². The topological polar surface area (TPSA) is 84.7 Å². The molecule has 0 unspecified atom stereocenters. The van der Waals surface area contributed by atoms with Gasteiger partial charge in [-0.25, -0.2) is 4.68 Å². The smallest absolute Gasteiger partial charge is 0.381 e. The highest BCUT2D eigenvalue weighted by Gasteiger charge is 2.31. The van der Waals surface area contributed by atoms with Crippen molar-refractivity contribution < 1.29 is 18.0 Å². The lowest BCUT2D eigenvalue weighted by Crippen LogP contribution is -2.10. The van der Waals surface area contributed by atoms with Crippen LogP contribution in [0.1, 0.15) is 29.4 Å². The van der Waals surface area contributed by atoms with Crippen molar-refractivity contribution in [1.82, 2.24) is 9.78 Å². The third-order valence-corrected chi connectivity index (χ3v) is 4.32. The van der Waals surface area contributed by atoms with E-state index in [4.69, 9.17) is 28.9 Å². The van der Waals surface area contributed by atoms with Crippen molar-refractivity contribution >= 4 is 46.6 Å². The molecular weight excluding hydrogens is 400 g/mol. The van der Waals surface area contributed by atoms with E-state index in [-0.39, 0.29) is 55.9 Å². The first-order valence-electron chi connectivity index (χ1n) is 6.66. The molecule has 132 valence electrons. The van der Waals surface area contributed by atoms with Gasteiger partial charge >= 0.3 is 5.51 Å². The third kappa shape index (κ3) is 4.03. The first-order chi connectivity index (χ1) is 11.6. The van der Waals surface area contributed by atoms with Gasteiger partial charge < -0.3 is 5.73 Å². The summed E-state index contributed by atoms with van der Waals surface area (Å²) >= 11 is 11.7. The number of nitriles is 1. The zero-order valence-electron chi connectivity index (χ0n) is 12.5. The molecule has 2 rings (SSSR count). The molecule has 5 nitrogen and oxygen atoms in total. The number of nitrogens with zero attached hydrogens (tertiary/aromatic N) is 3. The zero-order chi connectivity index (χ0) is 18.9. The van der Waals surface area contributed by atoms with Gasteiger partial charge in [-0.3, -0.25) is 4.79 Å². The summed E-state index contributed by atoms with van der Waals surface area (Å²) < 4.78 is 38.5. The average molecular weight is 409 g/mol. The second-order valence-electron chi connectivity index (χ2n) is 4.69. The molecule has 0 amide bonds. The summed E-state index contributed by atoms with van der Waals surface area (Å²) in [5.41, 5.74) is 0.842. The molecule has 2 aromatic rings. The molecule has 0 spiro atoms. The SMILES string of the molecule is CCC(=O)c1c(C#N)c(N)nn1-c1c(Cl)cc(SC(F)(F)F)cc1Cl. The van der Waals surface area contributed by atoms with Gasteiger partial charge in [0, 0.05) is 11.3 Å². The second-order valence-corrected chi connectivity index (χ2v) is 6.65. The number of nitrogens with two attached hydrogens (primary N) is 1. The second kappa shape index (κ2) is 7.15. The Bertz CT molecular complexity index is 866. The number of nitrogen functional groups attached to an aromatic ring is 1. The first kappa shape index (κ1) is 19.4. The molecule has 1 heterocycles. The molecule has 0 saturated carbocycles. The minimum Gasteiger partial charge on any atom is -0.381 e. The minimum atomic E-state index is -4.51. The molecule has 2 N–H and O–H groups in total. The fourth-order valence-corrected chi connectivity index (χ4v) is 3.47. The number of aromatic nitrogens is 2. The minimum absolute atomic E-state index is 0.0279. The molecule has 11 heteroatoms. The van der Waals surface area contributed by atoms with E-state index in [1.54, 1.807) is 13.0 Å². The molecule has 0 aliphatic heterocycles. The van der Waals surface area contributed by atoms with Crippen LogP contribution in [0.5, 0.6) is 0 Å². The van der Waals surface area contributed by atoms with Crippen molar-refractivity contribution in [2.45, 2.75) is 23.7 Å². The number of rotatable bonds is 4. The number of halogens is 5. The van der Waals surface area contributed by atoms with E-state index in [0.29, 0.717) is 0 Å². The van der Waals surface area contributed by atoms with E-state index in [9.17, 15) is 23.2 Å². The van der Waals surface area contributed by atoms with E-state index in [2.05, 4.69) is 5.10 Å². The van der Waals surface area contributed by atoms with E-state index < -0.39 is 11.3 Å². The van der Waals surface area contributed by atoms with Crippen LogP contribution in [0.15, 0.2) is 17.0 Å². The van der Waals surface area contributed by atoms with Gasteiger partial charge in [-0.15, -0.1) is 5.10 Å². The molecule has 0 aliphatic rings. The molecule has 1 aromatic carbocycles. The molecule has 0 atom stereocenters. The van der Waals surface area contributed by atoms with Crippen molar-refractivity contribution in [3.8, 4) is 11.8 Å². The number of hydrogen-bond acceptors (Lipinski definition) is 5. The maximum atomic E-state index is 12.5. The molecule has 1 aromatic heterocycles. The number of carbonyl (C=O) groups excluding carboxylic acids is 1. The molecule has 0 radical (unpaired) electrons. The van der Waals surface area contributed by atoms with Crippen LogP contribution in [-0.2, 0) is 0 Å². The molecule has 0 aliphatic carbocycles. The number of ketones is 1. The van der Waals surface area contributed by atoms with Gasteiger partial charge in [-0.1, -0.05) is 30.1 Å². The van der Waals surface area contributed by atoms with Crippen LogP contribution in [-0.4, -0.2) is 21.1 Å². The summed E-state index contributed by atoms with van der Waals surface area (Å²) in [6.45, 7) is 1.57. The quantitative estimate of drug-likeness (QED) is 0.577. The van der Waals surface area contributed by atoms with Gasteiger partial charge in [0.1, 0.15) is 23.0 Å². The van der Waals surface area contributed by atoms with Gasteiger partial charge in [0.2, 0.25) is 0 Å². The van der Waals surface area contributed by atoms with Gasteiger partial charge in [0.05, 0.1) is 10.0 Å². The van der Waals surface area contributed by atoms with E-state index >= 15 is 0 Å². The Morgan fingerprint density at radius 3 is 2.40 bits per heavy atom. The normalized spacial score (nSPS) is 11.4. The molecular formula is C14H9Cl2F3N4OS. The Morgan fingerprint density at radius 2 is 1.96 bits per heavy atom. The third-order valence-electron chi connectivity index (χ3n) is 3.05. The van der Waals surface area contributed by atoms with Crippen molar-refractivity contribution in [1.29, 1.82) is 5.26 Å². The predicted molar refractivity (Wildman–Crippen MR) is 89.2 cm³/mol. The summed E-state index contributed by atoms with van der Waals surface area (Å²) in [4.78, 5) is 11.9. The van der Waals surface area contributed by atoms with Crippen LogP contribution < -0.4 is 5.73 Å². The monoisotopic (exact) mass is 408 g/mol. The fraction of sp³-hybridized carbons (Fsp3) is 0.214. The largest absolute Gasteiger partial charge is 0.446 e. The summed E-state index contributed by atoms with van der Waals surface area (Å²) in [6, 6.07) is 3.88. The zero-order valence-corrected chi connectivity index (χ0v) is 14.8. The Hall–Kier alpha value is -1.89. The highest BCUT2D eigenvalue weighted by molar-refractivity contribution is 8.00. The van der Waals surface area contributed by atoms with Crippen LogP contribution in [0.3, 0.4) is 0 Å². The van der Waals surface area contributed by atoms with Crippen LogP contribution >= 0.6 is 35.0 Å². The lowest BCUT2D eigenvalue weighted by atomic mass is 10.1. The highest BCUT2D eigenvalue weighted by Crippen LogP contribution is 2.41. The maximum absolute atomic E-state index is 12.5. The standard InChI is InChI=1S/C14H9Cl2F3N4OS/c1-2-10(24)11-7(5-20)13(21)22-23(11)12-8(15)3-6(4-9(12)16)25-14(17,18)19/h3-4H,2H2,1H3,(H2,21,22). The van der Waals surface area contributed by atoms with Gasteiger partial charge in [0.15, 0.2) is 11.6 Å². The summed E-state index contributed by atoms with van der Waals surface area (Å²) in [5.74, 6) is -0.651. The van der Waals surface area contributed by atoms with E-state index in [1.165, 1.54) is 0 Å². The lowest BCUT2D eigenvalue weighted by molar-refractivity contribution is -0.0328. The molecule has 25 heavy (non-hydrogen) atoms. The summed E-state index contributed by atoms with van der Waals surface area (Å²) in [7, 11) is 0. The Kier molecular flexibility index (Phi) is 5.56. The van der Waals surface area contributed by atoms with Crippen molar-refractivity contribution in [2.75, 3.05) is 5.73 Å². The highest BCUT2D eigenvalue weighted by atomic mass is 35.5. The van der Waals surface area contributed by atoms with Crippen molar-refractivity contribution in [3.05, 3.63) is 33.4 Å². The average Bonchev–Trinajstić information content (AvgIpc) is 2.80. The Morgan fingerprint density at radius 1 is 1.40 bits per heavy atom. The van der Waals surface area contributed by atoms with Crippen LogP contribution in [0.4, 0.5) is 19.0 Å². The molecule has 0 bridgehead atoms. The van der Waals surface area contributed by atoms with Gasteiger partial charge in [-0.05, 0) is 23.9 Å². The lowest BCUT2D eigenvalue weighted by Gasteiger charge is -2.13. The number of Topliss-reactive ketones (excluding diaryl/α,β-unsaturated/α-hetero) is 1. The number of alkyl halides is 3. The Labute approximate surface area is 154 Å². The van der Waals surface area contributed by atoms with Crippen molar-refractivity contribution in [3.63, 3.8) is 0 Å². The van der Waals surface area contributed by atoms with E-state index in [0.717, 1.165) is 16.8 Å². The number of carbonyl (C=O) groups is 1. The Balaban J connectivity index is 2.68. The van der Waals surface area contributed by atoms with E-state index in [1.807, 2.05) is 0 Å². The fourth-order valence-electron chi connectivity index (χ4n) is 2.07.